The standard InChI is InChI=1S/C8H16N2O4S/c1-7(11)10-3-4-14-8(6-10)5-9-15(2,12)13/h8-9H,3-6H2,1-2H3. The number of nitrogens with zero attached hydrogens (tertiary/aromatic N) is 1. The van der Waals surface area contributed by atoms with E-state index in [-0.39, 0.29) is 18.6 Å². The Balaban J connectivity index is 2.40. The van der Waals surface area contributed by atoms with Crippen molar-refractivity contribution in [3.63, 3.8) is 0 Å². The highest BCUT2D eigenvalue weighted by Gasteiger charge is 2.22. The number of carbonyl (C=O) groups excluding carboxylic acids is 1. The Labute approximate surface area is 89.6 Å². The van der Waals surface area contributed by atoms with Gasteiger partial charge in [-0.2, -0.15) is 0 Å². The van der Waals surface area contributed by atoms with Crippen LogP contribution in [0.2, 0.25) is 0 Å². The summed E-state index contributed by atoms with van der Waals surface area (Å²) in [6.45, 7) is 3.17. The van der Waals surface area contributed by atoms with E-state index in [4.69, 9.17) is 4.74 Å². The lowest BCUT2D eigenvalue weighted by Gasteiger charge is -2.32. The predicted octanol–water partition coefficient (Wildman–Crippen LogP) is -1.22. The minimum absolute atomic E-state index is 0.0114. The van der Waals surface area contributed by atoms with Crippen LogP contribution in [0, 0.1) is 0 Å². The number of sulfonamides is 1. The molecule has 1 unspecified atom stereocenters. The van der Waals surface area contributed by atoms with Crippen LogP contribution in [0.15, 0.2) is 0 Å². The van der Waals surface area contributed by atoms with Gasteiger partial charge in [0.25, 0.3) is 0 Å². The Hall–Kier alpha value is -0.660. The zero-order valence-electron chi connectivity index (χ0n) is 8.89. The molecule has 1 heterocycles. The van der Waals surface area contributed by atoms with Crippen molar-refractivity contribution in [2.24, 2.45) is 0 Å². The maximum absolute atomic E-state index is 11.1. The van der Waals surface area contributed by atoms with Crippen molar-refractivity contribution in [2.75, 3.05) is 32.5 Å². The van der Waals surface area contributed by atoms with Gasteiger partial charge in [0, 0.05) is 26.6 Å². The van der Waals surface area contributed by atoms with Crippen molar-refractivity contribution in [2.45, 2.75) is 13.0 Å². The van der Waals surface area contributed by atoms with Gasteiger partial charge in [-0.15, -0.1) is 0 Å². The molecule has 1 fully saturated rings. The van der Waals surface area contributed by atoms with Crippen molar-refractivity contribution >= 4 is 15.9 Å². The average molecular weight is 236 g/mol. The lowest BCUT2D eigenvalue weighted by molar-refractivity contribution is -0.136. The van der Waals surface area contributed by atoms with Crippen LogP contribution in [-0.2, 0) is 19.6 Å². The molecule has 1 amide bonds. The van der Waals surface area contributed by atoms with Gasteiger partial charge in [0.05, 0.1) is 19.0 Å². The Morgan fingerprint density at radius 2 is 2.27 bits per heavy atom. The van der Waals surface area contributed by atoms with Crippen LogP contribution in [0.25, 0.3) is 0 Å². The molecule has 1 aliphatic heterocycles. The fraction of sp³-hybridized carbons (Fsp3) is 0.875. The molecular formula is C8H16N2O4S. The summed E-state index contributed by atoms with van der Waals surface area (Å²) in [6, 6.07) is 0. The molecule has 15 heavy (non-hydrogen) atoms. The number of amides is 1. The van der Waals surface area contributed by atoms with Crippen LogP contribution < -0.4 is 4.72 Å². The van der Waals surface area contributed by atoms with Crippen LogP contribution in [0.1, 0.15) is 6.92 Å². The third-order valence-corrected chi connectivity index (χ3v) is 2.85. The van der Waals surface area contributed by atoms with Gasteiger partial charge in [0.15, 0.2) is 0 Å². The minimum Gasteiger partial charge on any atom is -0.373 e. The molecule has 88 valence electrons. The lowest BCUT2D eigenvalue weighted by Crippen LogP contribution is -2.48. The van der Waals surface area contributed by atoms with Crippen molar-refractivity contribution in [3.05, 3.63) is 0 Å². The van der Waals surface area contributed by atoms with Gasteiger partial charge < -0.3 is 9.64 Å². The van der Waals surface area contributed by atoms with E-state index in [2.05, 4.69) is 4.72 Å². The van der Waals surface area contributed by atoms with Crippen LogP contribution in [0.3, 0.4) is 0 Å². The van der Waals surface area contributed by atoms with Gasteiger partial charge >= 0.3 is 0 Å². The third kappa shape index (κ3) is 4.59. The first-order valence-corrected chi connectivity index (χ1v) is 6.59. The first-order chi connectivity index (χ1) is 6.88. The molecule has 1 aliphatic rings. The highest BCUT2D eigenvalue weighted by atomic mass is 32.2. The molecular weight excluding hydrogens is 220 g/mol. The minimum atomic E-state index is -3.19. The molecule has 0 bridgehead atoms. The van der Waals surface area contributed by atoms with E-state index in [1.54, 1.807) is 4.90 Å². The van der Waals surface area contributed by atoms with E-state index in [1.165, 1.54) is 6.92 Å². The fourth-order valence-electron chi connectivity index (χ4n) is 1.37. The molecule has 6 nitrogen and oxygen atoms in total. The number of ether oxygens (including phenoxy) is 1. The van der Waals surface area contributed by atoms with E-state index < -0.39 is 10.0 Å². The Morgan fingerprint density at radius 1 is 1.60 bits per heavy atom. The smallest absolute Gasteiger partial charge is 0.219 e. The predicted molar refractivity (Wildman–Crippen MR) is 54.8 cm³/mol. The molecule has 0 aromatic carbocycles. The molecule has 0 aromatic heterocycles. The van der Waals surface area contributed by atoms with Gasteiger partial charge in [0.2, 0.25) is 15.9 Å². The summed E-state index contributed by atoms with van der Waals surface area (Å²) in [5.74, 6) is -0.0114. The van der Waals surface area contributed by atoms with Gasteiger partial charge in [-0.3, -0.25) is 4.79 Å². The fourth-order valence-corrected chi connectivity index (χ4v) is 1.86. The summed E-state index contributed by atoms with van der Waals surface area (Å²) in [5, 5.41) is 0. The highest BCUT2D eigenvalue weighted by Crippen LogP contribution is 2.04. The molecule has 1 rings (SSSR count). The number of rotatable bonds is 3. The topological polar surface area (TPSA) is 75.7 Å². The number of morpholine rings is 1. The summed E-state index contributed by atoms with van der Waals surface area (Å²) in [7, 11) is -3.19. The van der Waals surface area contributed by atoms with Crippen LogP contribution >= 0.6 is 0 Å². The second-order valence-electron chi connectivity index (χ2n) is 3.58. The zero-order valence-corrected chi connectivity index (χ0v) is 9.71. The maximum Gasteiger partial charge on any atom is 0.219 e. The van der Waals surface area contributed by atoms with E-state index in [1.807, 2.05) is 0 Å². The SMILES string of the molecule is CC(=O)N1CCOC(CNS(C)(=O)=O)C1. The Kier molecular flexibility index (Phi) is 4.06. The summed E-state index contributed by atoms with van der Waals surface area (Å²) in [5.41, 5.74) is 0. The summed E-state index contributed by atoms with van der Waals surface area (Å²) < 4.78 is 29.4. The van der Waals surface area contributed by atoms with Crippen molar-refractivity contribution in [1.82, 2.24) is 9.62 Å². The quantitative estimate of drug-likeness (QED) is 0.666. The Morgan fingerprint density at radius 3 is 2.80 bits per heavy atom. The first-order valence-electron chi connectivity index (χ1n) is 4.70. The van der Waals surface area contributed by atoms with Crippen LogP contribution in [0.5, 0.6) is 0 Å². The second kappa shape index (κ2) is 4.91. The monoisotopic (exact) mass is 236 g/mol. The van der Waals surface area contributed by atoms with E-state index in [0.29, 0.717) is 19.7 Å². The number of hydrogen-bond donors (Lipinski definition) is 1. The normalized spacial score (nSPS) is 22.8. The lowest BCUT2D eigenvalue weighted by atomic mass is 10.3. The Bertz CT molecular complexity index is 328. The number of carbonyl (C=O) groups is 1. The van der Waals surface area contributed by atoms with Gasteiger partial charge in [-0.25, -0.2) is 13.1 Å². The summed E-state index contributed by atoms with van der Waals surface area (Å²) in [4.78, 5) is 12.7. The van der Waals surface area contributed by atoms with Gasteiger partial charge in [0.1, 0.15) is 0 Å². The van der Waals surface area contributed by atoms with Gasteiger partial charge in [-0.05, 0) is 0 Å². The molecule has 0 spiro atoms. The molecule has 1 saturated heterocycles. The zero-order chi connectivity index (χ0) is 11.5. The van der Waals surface area contributed by atoms with Crippen molar-refractivity contribution < 1.29 is 17.9 Å². The van der Waals surface area contributed by atoms with Crippen molar-refractivity contribution in [1.29, 1.82) is 0 Å². The molecule has 0 radical (unpaired) electrons. The molecule has 1 atom stereocenters. The van der Waals surface area contributed by atoms with E-state index in [9.17, 15) is 13.2 Å². The third-order valence-electron chi connectivity index (χ3n) is 2.16. The van der Waals surface area contributed by atoms with E-state index >= 15 is 0 Å². The number of hydrogen-bond acceptors (Lipinski definition) is 4. The summed E-state index contributed by atoms with van der Waals surface area (Å²) >= 11 is 0. The first kappa shape index (κ1) is 12.4. The van der Waals surface area contributed by atoms with Gasteiger partial charge in [-0.1, -0.05) is 0 Å². The molecule has 7 heteroatoms. The number of nitrogens with one attached hydrogen (secondary N) is 1. The molecule has 0 aliphatic carbocycles. The van der Waals surface area contributed by atoms with Crippen LogP contribution in [-0.4, -0.2) is 57.8 Å². The summed E-state index contributed by atoms with van der Waals surface area (Å²) in [6.07, 6.45) is 0.843. The maximum atomic E-state index is 11.1. The average Bonchev–Trinajstić information content (AvgIpc) is 2.14. The highest BCUT2D eigenvalue weighted by molar-refractivity contribution is 7.88. The van der Waals surface area contributed by atoms with Crippen LogP contribution in [0.4, 0.5) is 0 Å². The van der Waals surface area contributed by atoms with Crippen molar-refractivity contribution in [3.8, 4) is 0 Å². The molecule has 0 saturated carbocycles. The van der Waals surface area contributed by atoms with E-state index in [0.717, 1.165) is 6.26 Å². The second-order valence-corrected chi connectivity index (χ2v) is 5.41. The molecule has 0 aromatic rings. The largest absolute Gasteiger partial charge is 0.373 e. The molecule has 1 N–H and O–H groups in total.